The predicted molar refractivity (Wildman–Crippen MR) is 57.6 cm³/mol. The van der Waals surface area contributed by atoms with Gasteiger partial charge in [0.2, 0.25) is 5.82 Å². The first-order valence-corrected chi connectivity index (χ1v) is 4.91. The van der Waals surface area contributed by atoms with Gasteiger partial charge in [-0.15, -0.1) is 0 Å². The molecule has 0 radical (unpaired) electrons. The van der Waals surface area contributed by atoms with Gasteiger partial charge in [0.1, 0.15) is 11.6 Å². The average Bonchev–Trinajstić information content (AvgIpc) is 2.87. The smallest absolute Gasteiger partial charge is 0.397 e. The number of benzene rings is 1. The summed E-state index contributed by atoms with van der Waals surface area (Å²) in [5, 5.41) is 3.60. The molecule has 7 heteroatoms. The van der Waals surface area contributed by atoms with Crippen LogP contribution in [0.3, 0.4) is 0 Å². The van der Waals surface area contributed by atoms with Crippen molar-refractivity contribution in [1.82, 2.24) is 10.1 Å². The molecule has 2 rings (SSSR count). The van der Waals surface area contributed by atoms with Gasteiger partial charge in [-0.05, 0) is 12.1 Å². The molecule has 1 aromatic heterocycles. The lowest BCUT2D eigenvalue weighted by Crippen LogP contribution is -2.01. The number of aromatic nitrogens is 2. The Balaban J connectivity index is 2.42. The first kappa shape index (κ1) is 12.0. The summed E-state index contributed by atoms with van der Waals surface area (Å²) in [5.74, 6) is -1.11. The normalized spacial score (nSPS) is 10.2. The van der Waals surface area contributed by atoms with Crippen LogP contribution >= 0.6 is 0 Å². The van der Waals surface area contributed by atoms with E-state index in [1.807, 2.05) is 0 Å². The Bertz CT molecular complexity index is 582. The van der Waals surface area contributed by atoms with Crippen molar-refractivity contribution in [2.24, 2.45) is 0 Å². The highest BCUT2D eigenvalue weighted by molar-refractivity contribution is 5.84. The van der Waals surface area contributed by atoms with Gasteiger partial charge in [0.25, 0.3) is 0 Å². The van der Waals surface area contributed by atoms with Crippen LogP contribution in [-0.2, 0) is 4.74 Å². The zero-order valence-electron chi connectivity index (χ0n) is 9.64. The Morgan fingerprint density at radius 1 is 1.39 bits per heavy atom. The third-order valence-corrected chi connectivity index (χ3v) is 2.19. The van der Waals surface area contributed by atoms with Crippen LogP contribution in [0.2, 0.25) is 0 Å². The summed E-state index contributed by atoms with van der Waals surface area (Å²) in [5.41, 5.74) is 0.415. The summed E-state index contributed by atoms with van der Waals surface area (Å²) >= 11 is 0. The zero-order chi connectivity index (χ0) is 13.1. The van der Waals surface area contributed by atoms with Gasteiger partial charge in [0.15, 0.2) is 0 Å². The van der Waals surface area contributed by atoms with E-state index in [0.29, 0.717) is 5.56 Å². The molecule has 0 N–H and O–H groups in total. The van der Waals surface area contributed by atoms with E-state index in [4.69, 9.17) is 9.26 Å². The van der Waals surface area contributed by atoms with Crippen LogP contribution in [-0.4, -0.2) is 30.3 Å². The number of hydrogen-bond acceptors (Lipinski definition) is 6. The Hall–Kier alpha value is -2.44. The van der Waals surface area contributed by atoms with E-state index < -0.39 is 11.8 Å². The van der Waals surface area contributed by atoms with Gasteiger partial charge in [-0.3, -0.25) is 0 Å². The lowest BCUT2D eigenvalue weighted by Gasteiger charge is -2.04. The van der Waals surface area contributed by atoms with Crippen LogP contribution < -0.4 is 4.74 Å². The molecule has 0 aliphatic carbocycles. The van der Waals surface area contributed by atoms with Crippen molar-refractivity contribution in [2.75, 3.05) is 14.2 Å². The van der Waals surface area contributed by atoms with E-state index >= 15 is 0 Å². The van der Waals surface area contributed by atoms with E-state index in [2.05, 4.69) is 14.9 Å². The molecule has 0 aliphatic heterocycles. The van der Waals surface area contributed by atoms with E-state index in [9.17, 15) is 9.18 Å². The van der Waals surface area contributed by atoms with Crippen molar-refractivity contribution in [3.05, 3.63) is 29.9 Å². The number of methoxy groups -OCH3 is 2. The summed E-state index contributed by atoms with van der Waals surface area (Å²) in [6.45, 7) is 0. The quantitative estimate of drug-likeness (QED) is 0.773. The third kappa shape index (κ3) is 2.15. The summed E-state index contributed by atoms with van der Waals surface area (Å²) in [4.78, 5) is 15.0. The molecule has 1 heterocycles. The van der Waals surface area contributed by atoms with Gasteiger partial charge >= 0.3 is 11.9 Å². The molecule has 0 bridgehead atoms. The van der Waals surface area contributed by atoms with Crippen LogP contribution in [0.25, 0.3) is 11.4 Å². The van der Waals surface area contributed by atoms with Crippen molar-refractivity contribution in [3.63, 3.8) is 0 Å². The monoisotopic (exact) mass is 252 g/mol. The first-order chi connectivity index (χ1) is 8.65. The Morgan fingerprint density at radius 2 is 2.17 bits per heavy atom. The minimum Gasteiger partial charge on any atom is -0.496 e. The molecule has 0 aliphatic rings. The van der Waals surface area contributed by atoms with E-state index in [1.54, 1.807) is 0 Å². The summed E-state index contributed by atoms with van der Waals surface area (Å²) < 4.78 is 27.2. The number of hydrogen-bond donors (Lipinski definition) is 0. The highest BCUT2D eigenvalue weighted by Gasteiger charge is 2.18. The molecule has 18 heavy (non-hydrogen) atoms. The lowest BCUT2D eigenvalue weighted by molar-refractivity contribution is 0.0545. The van der Waals surface area contributed by atoms with Gasteiger partial charge in [-0.2, -0.15) is 4.98 Å². The Labute approximate surface area is 101 Å². The second kappa shape index (κ2) is 4.82. The topological polar surface area (TPSA) is 74.5 Å². The minimum atomic E-state index is -0.741. The van der Waals surface area contributed by atoms with Crippen molar-refractivity contribution in [2.45, 2.75) is 0 Å². The second-order valence-electron chi connectivity index (χ2n) is 3.26. The average molecular weight is 252 g/mol. The number of esters is 1. The Kier molecular flexibility index (Phi) is 3.22. The number of carbonyl (C=O) groups is 1. The highest BCUT2D eigenvalue weighted by atomic mass is 19.1. The maximum atomic E-state index is 13.0. The zero-order valence-corrected chi connectivity index (χ0v) is 9.64. The SMILES string of the molecule is COC(=O)c1nc(-c2ccc(F)cc2OC)no1. The largest absolute Gasteiger partial charge is 0.496 e. The molecule has 0 saturated heterocycles. The van der Waals surface area contributed by atoms with Gasteiger partial charge in [0.05, 0.1) is 19.8 Å². The van der Waals surface area contributed by atoms with Crippen molar-refractivity contribution in [3.8, 4) is 17.1 Å². The molecule has 0 saturated carbocycles. The number of ether oxygens (including phenoxy) is 2. The van der Waals surface area contributed by atoms with Crippen molar-refractivity contribution < 1.29 is 23.2 Å². The van der Waals surface area contributed by atoms with E-state index in [1.165, 1.54) is 32.4 Å². The molecule has 0 unspecified atom stereocenters. The fourth-order valence-corrected chi connectivity index (χ4v) is 1.35. The summed E-state index contributed by atoms with van der Waals surface area (Å²) in [6, 6.07) is 3.84. The molecule has 0 atom stereocenters. The van der Waals surface area contributed by atoms with E-state index in [-0.39, 0.29) is 17.5 Å². The van der Waals surface area contributed by atoms with E-state index in [0.717, 1.165) is 0 Å². The number of halogens is 1. The maximum absolute atomic E-state index is 13.0. The summed E-state index contributed by atoms with van der Waals surface area (Å²) in [6.07, 6.45) is 0. The van der Waals surface area contributed by atoms with Crippen LogP contribution in [0.5, 0.6) is 5.75 Å². The standard InChI is InChI=1S/C11H9FN2O4/c1-16-8-5-6(12)3-4-7(8)9-13-10(18-14-9)11(15)17-2/h3-5H,1-2H3. The van der Waals surface area contributed by atoms with Gasteiger partial charge in [-0.25, -0.2) is 9.18 Å². The molecule has 1 aromatic carbocycles. The van der Waals surface area contributed by atoms with Crippen LogP contribution in [0, 0.1) is 5.82 Å². The molecule has 0 spiro atoms. The molecule has 2 aromatic rings. The Morgan fingerprint density at radius 3 is 2.83 bits per heavy atom. The number of nitrogens with zero attached hydrogens (tertiary/aromatic N) is 2. The highest BCUT2D eigenvalue weighted by Crippen LogP contribution is 2.28. The maximum Gasteiger partial charge on any atom is 0.397 e. The fourth-order valence-electron chi connectivity index (χ4n) is 1.35. The second-order valence-corrected chi connectivity index (χ2v) is 3.26. The minimum absolute atomic E-state index is 0.118. The van der Waals surface area contributed by atoms with Crippen LogP contribution in [0.15, 0.2) is 22.7 Å². The molecule has 0 fully saturated rings. The fraction of sp³-hybridized carbons (Fsp3) is 0.182. The molecular formula is C11H9FN2O4. The van der Waals surface area contributed by atoms with Crippen molar-refractivity contribution >= 4 is 5.97 Å². The number of rotatable bonds is 3. The van der Waals surface area contributed by atoms with Gasteiger partial charge in [-0.1, -0.05) is 5.16 Å². The molecule has 0 amide bonds. The lowest BCUT2D eigenvalue weighted by atomic mass is 10.2. The van der Waals surface area contributed by atoms with Crippen LogP contribution in [0.1, 0.15) is 10.7 Å². The first-order valence-electron chi connectivity index (χ1n) is 4.91. The van der Waals surface area contributed by atoms with Gasteiger partial charge < -0.3 is 14.0 Å². The molecule has 94 valence electrons. The van der Waals surface area contributed by atoms with Crippen LogP contribution in [0.4, 0.5) is 4.39 Å². The third-order valence-electron chi connectivity index (χ3n) is 2.19. The molecular weight excluding hydrogens is 243 g/mol. The predicted octanol–water partition coefficient (Wildman–Crippen LogP) is 1.67. The number of carbonyl (C=O) groups excluding carboxylic acids is 1. The summed E-state index contributed by atoms with van der Waals surface area (Å²) in [7, 11) is 2.59. The van der Waals surface area contributed by atoms with Gasteiger partial charge in [0, 0.05) is 6.07 Å². The van der Waals surface area contributed by atoms with Crippen molar-refractivity contribution in [1.29, 1.82) is 0 Å². The molecule has 6 nitrogen and oxygen atoms in total.